The second-order valence-electron chi connectivity index (χ2n) is 2.72. The molecule has 0 saturated carbocycles. The number of pyridine rings is 1. The molecule has 66 valence electrons. The van der Waals surface area contributed by atoms with Gasteiger partial charge in [0.2, 0.25) is 0 Å². The molecule has 0 bridgehead atoms. The van der Waals surface area contributed by atoms with Crippen molar-refractivity contribution in [2.75, 3.05) is 5.73 Å². The molecule has 4 heteroatoms. The summed E-state index contributed by atoms with van der Waals surface area (Å²) in [6, 6.07) is 3.40. The molecular formula is C9H6F2N2. The highest BCUT2D eigenvalue weighted by Gasteiger charge is 2.04. The van der Waals surface area contributed by atoms with Gasteiger partial charge in [0.1, 0.15) is 11.6 Å². The first-order chi connectivity index (χ1) is 6.16. The van der Waals surface area contributed by atoms with E-state index in [1.807, 2.05) is 0 Å². The molecule has 0 saturated heterocycles. The maximum atomic E-state index is 13.1. The normalized spacial score (nSPS) is 10.6. The maximum Gasteiger partial charge on any atom is 0.135 e. The third-order valence-corrected chi connectivity index (χ3v) is 1.74. The Hall–Kier alpha value is -1.71. The molecule has 0 spiro atoms. The number of rotatable bonds is 0. The monoisotopic (exact) mass is 180 g/mol. The van der Waals surface area contributed by atoms with Crippen LogP contribution in [0.1, 0.15) is 0 Å². The fourth-order valence-corrected chi connectivity index (χ4v) is 1.17. The van der Waals surface area contributed by atoms with Crippen molar-refractivity contribution in [2.24, 2.45) is 0 Å². The number of hydrogen-bond donors (Lipinski definition) is 1. The largest absolute Gasteiger partial charge is 0.397 e. The Labute approximate surface area is 73.0 Å². The molecule has 2 nitrogen and oxygen atoms in total. The molecule has 0 radical (unpaired) electrons. The molecule has 0 amide bonds. The van der Waals surface area contributed by atoms with Crippen molar-refractivity contribution in [1.29, 1.82) is 0 Å². The number of benzene rings is 1. The number of nitrogen functional groups attached to an aromatic ring is 1. The lowest BCUT2D eigenvalue weighted by Crippen LogP contribution is -1.90. The van der Waals surface area contributed by atoms with E-state index < -0.39 is 11.6 Å². The van der Waals surface area contributed by atoms with Gasteiger partial charge in [-0.3, -0.25) is 4.98 Å². The molecule has 1 heterocycles. The highest BCUT2D eigenvalue weighted by Crippen LogP contribution is 2.19. The summed E-state index contributed by atoms with van der Waals surface area (Å²) in [6.45, 7) is 0. The van der Waals surface area contributed by atoms with Crippen LogP contribution in [0.4, 0.5) is 14.5 Å². The predicted molar refractivity (Wildman–Crippen MR) is 46.1 cm³/mol. The molecule has 0 fully saturated rings. The highest BCUT2D eigenvalue weighted by molar-refractivity contribution is 5.81. The van der Waals surface area contributed by atoms with Crippen molar-refractivity contribution in [2.45, 2.75) is 0 Å². The van der Waals surface area contributed by atoms with Gasteiger partial charge in [-0.25, -0.2) is 8.78 Å². The summed E-state index contributed by atoms with van der Waals surface area (Å²) >= 11 is 0. The molecule has 0 aliphatic heterocycles. The Morgan fingerprint density at radius 3 is 2.69 bits per heavy atom. The van der Waals surface area contributed by atoms with Crippen molar-refractivity contribution < 1.29 is 8.78 Å². The van der Waals surface area contributed by atoms with Crippen molar-refractivity contribution in [3.8, 4) is 0 Å². The fraction of sp³-hybridized carbons (Fsp3) is 0. The van der Waals surface area contributed by atoms with E-state index in [1.165, 1.54) is 12.3 Å². The van der Waals surface area contributed by atoms with Crippen molar-refractivity contribution in [3.63, 3.8) is 0 Å². The van der Waals surface area contributed by atoms with E-state index in [2.05, 4.69) is 4.98 Å². The van der Waals surface area contributed by atoms with Crippen LogP contribution in [0, 0.1) is 11.6 Å². The molecule has 1 aromatic carbocycles. The molecule has 0 aliphatic carbocycles. The molecule has 2 rings (SSSR count). The van der Waals surface area contributed by atoms with Gasteiger partial charge in [-0.1, -0.05) is 0 Å². The van der Waals surface area contributed by atoms with E-state index >= 15 is 0 Å². The lowest BCUT2D eigenvalue weighted by Gasteiger charge is -1.99. The van der Waals surface area contributed by atoms with Crippen LogP contribution in [-0.2, 0) is 0 Å². The van der Waals surface area contributed by atoms with Crippen LogP contribution in [0.3, 0.4) is 0 Å². The summed E-state index contributed by atoms with van der Waals surface area (Å²) in [6.07, 6.45) is 1.36. The zero-order chi connectivity index (χ0) is 9.42. The predicted octanol–water partition coefficient (Wildman–Crippen LogP) is 2.10. The Morgan fingerprint density at radius 2 is 1.92 bits per heavy atom. The Morgan fingerprint density at radius 1 is 1.15 bits per heavy atom. The maximum absolute atomic E-state index is 13.1. The smallest absolute Gasteiger partial charge is 0.135 e. The summed E-state index contributed by atoms with van der Waals surface area (Å²) in [5, 5.41) is 0.237. The summed E-state index contributed by atoms with van der Waals surface area (Å²) in [5.74, 6) is -1.28. The minimum absolute atomic E-state index is 0.237. The quantitative estimate of drug-likeness (QED) is 0.674. The molecule has 0 atom stereocenters. The topological polar surface area (TPSA) is 38.9 Å². The van der Waals surface area contributed by atoms with E-state index in [4.69, 9.17) is 5.73 Å². The van der Waals surface area contributed by atoms with Crippen molar-refractivity contribution in [3.05, 3.63) is 36.0 Å². The van der Waals surface area contributed by atoms with Crippen molar-refractivity contribution >= 4 is 16.6 Å². The first-order valence-corrected chi connectivity index (χ1v) is 3.67. The minimum atomic E-state index is -0.644. The molecule has 2 N–H and O–H groups in total. The zero-order valence-electron chi connectivity index (χ0n) is 6.59. The molecule has 0 aliphatic rings. The van der Waals surface area contributed by atoms with Gasteiger partial charge in [-0.05, 0) is 6.07 Å². The number of nitrogens with zero attached hydrogens (tertiary/aromatic N) is 1. The van der Waals surface area contributed by atoms with E-state index in [0.29, 0.717) is 5.69 Å². The average Bonchev–Trinajstić information content (AvgIpc) is 2.06. The fourth-order valence-electron chi connectivity index (χ4n) is 1.17. The van der Waals surface area contributed by atoms with E-state index in [1.54, 1.807) is 0 Å². The van der Waals surface area contributed by atoms with Crippen molar-refractivity contribution in [1.82, 2.24) is 4.98 Å². The van der Waals surface area contributed by atoms with Gasteiger partial charge in [0.05, 0.1) is 17.4 Å². The van der Waals surface area contributed by atoms with Gasteiger partial charge >= 0.3 is 0 Å². The summed E-state index contributed by atoms with van der Waals surface area (Å²) in [4.78, 5) is 3.80. The van der Waals surface area contributed by atoms with Crippen LogP contribution in [0.15, 0.2) is 24.4 Å². The zero-order valence-corrected chi connectivity index (χ0v) is 6.59. The van der Waals surface area contributed by atoms with Gasteiger partial charge in [0.25, 0.3) is 0 Å². The number of aromatic nitrogens is 1. The van der Waals surface area contributed by atoms with Crippen LogP contribution in [0.2, 0.25) is 0 Å². The summed E-state index contributed by atoms with van der Waals surface area (Å²) < 4.78 is 25.8. The van der Waals surface area contributed by atoms with Gasteiger partial charge in [0.15, 0.2) is 0 Å². The third kappa shape index (κ3) is 1.30. The first-order valence-electron chi connectivity index (χ1n) is 3.67. The second kappa shape index (κ2) is 2.65. The van der Waals surface area contributed by atoms with E-state index in [9.17, 15) is 8.78 Å². The summed E-state index contributed by atoms with van der Waals surface area (Å²) in [7, 11) is 0. The molecule has 1 aromatic heterocycles. The number of nitrogens with two attached hydrogens (primary N) is 1. The van der Waals surface area contributed by atoms with Crippen LogP contribution in [0.25, 0.3) is 10.9 Å². The van der Waals surface area contributed by atoms with E-state index in [0.717, 1.165) is 12.1 Å². The Kier molecular flexibility index (Phi) is 1.62. The molecule has 2 aromatic rings. The SMILES string of the molecule is Nc1cnc2cc(F)cc(F)c2c1. The number of hydrogen-bond acceptors (Lipinski definition) is 2. The Balaban J connectivity index is 2.87. The molecular weight excluding hydrogens is 174 g/mol. The second-order valence-corrected chi connectivity index (χ2v) is 2.72. The number of halogens is 2. The highest BCUT2D eigenvalue weighted by atomic mass is 19.1. The summed E-state index contributed by atoms with van der Waals surface area (Å²) in [5.41, 5.74) is 6.04. The first kappa shape index (κ1) is 7.91. The van der Waals surface area contributed by atoms with Crippen LogP contribution >= 0.6 is 0 Å². The van der Waals surface area contributed by atoms with Crippen LogP contribution in [0.5, 0.6) is 0 Å². The number of fused-ring (bicyclic) bond motifs is 1. The van der Waals surface area contributed by atoms with Gasteiger partial charge < -0.3 is 5.73 Å². The van der Waals surface area contributed by atoms with Crippen LogP contribution in [-0.4, -0.2) is 4.98 Å². The van der Waals surface area contributed by atoms with Gasteiger partial charge in [-0.2, -0.15) is 0 Å². The molecule has 0 unspecified atom stereocenters. The number of anilines is 1. The van der Waals surface area contributed by atoms with Gasteiger partial charge in [-0.15, -0.1) is 0 Å². The molecule has 13 heavy (non-hydrogen) atoms. The lowest BCUT2D eigenvalue weighted by atomic mass is 10.2. The van der Waals surface area contributed by atoms with Gasteiger partial charge in [0, 0.05) is 17.5 Å². The lowest BCUT2D eigenvalue weighted by molar-refractivity contribution is 0.591. The van der Waals surface area contributed by atoms with Crippen LogP contribution < -0.4 is 5.73 Å². The minimum Gasteiger partial charge on any atom is -0.397 e. The average molecular weight is 180 g/mol. The van der Waals surface area contributed by atoms with E-state index in [-0.39, 0.29) is 10.9 Å². The third-order valence-electron chi connectivity index (χ3n) is 1.74. The Bertz CT molecular complexity index is 468. The standard InChI is InChI=1S/C9H6F2N2/c10-5-1-8(11)7-3-6(12)4-13-9(7)2-5/h1-4H,12H2.